The molecule has 4 saturated heterocycles. The topological polar surface area (TPSA) is 70.8 Å². The molecule has 194 valence electrons. The number of carbonyl (C=O) groups excluding carboxylic acids is 1. The lowest BCUT2D eigenvalue weighted by atomic mass is 9.71. The summed E-state index contributed by atoms with van der Waals surface area (Å²) >= 11 is 0. The first kappa shape index (κ1) is 23.5. The third kappa shape index (κ3) is 4.29. The highest BCUT2D eigenvalue weighted by atomic mass is 19.4. The zero-order chi connectivity index (χ0) is 25.2. The summed E-state index contributed by atoms with van der Waals surface area (Å²) in [7, 11) is 0. The molecule has 4 aliphatic heterocycles. The molecule has 1 aromatic heterocycles. The number of nitrogens with one attached hydrogen (secondary N) is 1. The number of alkyl halides is 3. The van der Waals surface area contributed by atoms with Gasteiger partial charge in [0.05, 0.1) is 13.2 Å². The molecule has 0 atom stereocenters. The number of hydrogen-bond donors (Lipinski definition) is 1. The predicted molar refractivity (Wildman–Crippen MR) is 119 cm³/mol. The molecular formula is C24H25F5N4O3. The van der Waals surface area contributed by atoms with Crippen molar-refractivity contribution in [1.29, 1.82) is 0 Å². The van der Waals surface area contributed by atoms with E-state index in [0.29, 0.717) is 51.2 Å². The molecule has 5 heterocycles. The fourth-order valence-corrected chi connectivity index (χ4v) is 5.86. The highest BCUT2D eigenvalue weighted by Gasteiger charge is 2.46. The first-order valence-corrected chi connectivity index (χ1v) is 12.0. The monoisotopic (exact) mass is 512 g/mol. The van der Waals surface area contributed by atoms with Crippen LogP contribution in [0.2, 0.25) is 0 Å². The molecular weight excluding hydrogens is 487 g/mol. The Morgan fingerprint density at radius 3 is 2.33 bits per heavy atom. The molecule has 2 bridgehead atoms. The second-order valence-electron chi connectivity index (χ2n) is 10.6. The van der Waals surface area contributed by atoms with Gasteiger partial charge >= 0.3 is 6.18 Å². The largest absolute Gasteiger partial charge is 0.427 e. The number of anilines is 3. The van der Waals surface area contributed by atoms with Gasteiger partial charge in [-0.25, -0.2) is 8.78 Å². The molecule has 7 rings (SSSR count). The molecule has 5 aliphatic rings. The Balaban J connectivity index is 1.23. The lowest BCUT2D eigenvalue weighted by Gasteiger charge is -2.48. The minimum absolute atomic E-state index is 0.0766. The Kier molecular flexibility index (Phi) is 5.43. The van der Waals surface area contributed by atoms with E-state index in [2.05, 4.69) is 10.3 Å². The van der Waals surface area contributed by atoms with Crippen LogP contribution in [0.25, 0.3) is 0 Å². The summed E-state index contributed by atoms with van der Waals surface area (Å²) in [6, 6.07) is 1.86. The fourth-order valence-electron chi connectivity index (χ4n) is 5.86. The zero-order valence-electron chi connectivity index (χ0n) is 19.3. The summed E-state index contributed by atoms with van der Waals surface area (Å²) in [5.41, 5.74) is -0.997. The molecule has 12 heteroatoms. The van der Waals surface area contributed by atoms with Crippen LogP contribution in [0.15, 0.2) is 16.5 Å². The molecule has 1 spiro atoms. The van der Waals surface area contributed by atoms with E-state index in [1.807, 2.05) is 0 Å². The number of piperidine rings is 2. The molecule has 0 unspecified atom stereocenters. The van der Waals surface area contributed by atoms with E-state index in [4.69, 9.17) is 9.15 Å². The molecule has 36 heavy (non-hydrogen) atoms. The lowest BCUT2D eigenvalue weighted by molar-refractivity contribution is -0.130. The van der Waals surface area contributed by atoms with Crippen LogP contribution in [0, 0.1) is 28.9 Å². The van der Waals surface area contributed by atoms with E-state index in [-0.39, 0.29) is 22.8 Å². The number of nitrogens with zero attached hydrogens (tertiary/aromatic N) is 3. The van der Waals surface area contributed by atoms with Crippen LogP contribution in [0.3, 0.4) is 0 Å². The first-order valence-electron chi connectivity index (χ1n) is 12.0. The Hall–Kier alpha value is -2.89. The molecule has 1 amide bonds. The van der Waals surface area contributed by atoms with Gasteiger partial charge in [-0.3, -0.25) is 4.79 Å². The maximum Gasteiger partial charge on any atom is 0.396 e. The molecule has 5 fully saturated rings. The number of aromatic nitrogens is 1. The van der Waals surface area contributed by atoms with Crippen LogP contribution in [0.5, 0.6) is 0 Å². The summed E-state index contributed by atoms with van der Waals surface area (Å²) in [6.07, 6.45) is -3.23. The van der Waals surface area contributed by atoms with Crippen molar-refractivity contribution in [2.24, 2.45) is 17.3 Å². The summed E-state index contributed by atoms with van der Waals surface area (Å²) in [6.45, 7) is 3.26. The molecule has 0 radical (unpaired) electrons. The highest BCUT2D eigenvalue weighted by molar-refractivity contribution is 6.04. The molecule has 1 aromatic carbocycles. The Bertz CT molecular complexity index is 1160. The van der Waals surface area contributed by atoms with E-state index in [0.717, 1.165) is 31.4 Å². The molecule has 1 N–H and O–H groups in total. The Labute approximate surface area is 203 Å². The van der Waals surface area contributed by atoms with Crippen LogP contribution in [-0.4, -0.2) is 56.5 Å². The summed E-state index contributed by atoms with van der Waals surface area (Å²) < 4.78 is 80.0. The van der Waals surface area contributed by atoms with Crippen molar-refractivity contribution in [3.63, 3.8) is 0 Å². The number of halogens is 5. The van der Waals surface area contributed by atoms with Gasteiger partial charge in [-0.1, -0.05) is 0 Å². The number of oxazole rings is 1. The van der Waals surface area contributed by atoms with Gasteiger partial charge in [0.15, 0.2) is 17.3 Å². The van der Waals surface area contributed by atoms with Crippen molar-refractivity contribution in [1.82, 2.24) is 4.98 Å². The van der Waals surface area contributed by atoms with Crippen LogP contribution in [0.4, 0.5) is 39.3 Å². The Morgan fingerprint density at radius 1 is 1.11 bits per heavy atom. The summed E-state index contributed by atoms with van der Waals surface area (Å²) in [4.78, 5) is 20.3. The van der Waals surface area contributed by atoms with E-state index >= 15 is 0 Å². The summed E-state index contributed by atoms with van der Waals surface area (Å²) in [5, 5.41) is 2.29. The average Bonchev–Trinajstić information content (AvgIpc) is 3.36. The van der Waals surface area contributed by atoms with Crippen LogP contribution >= 0.6 is 0 Å². The smallest absolute Gasteiger partial charge is 0.396 e. The average molecular weight is 512 g/mol. The van der Waals surface area contributed by atoms with Crippen molar-refractivity contribution >= 4 is 23.3 Å². The van der Waals surface area contributed by atoms with Gasteiger partial charge in [-0.2, -0.15) is 18.2 Å². The maximum absolute atomic E-state index is 14.9. The predicted octanol–water partition coefficient (Wildman–Crippen LogP) is 4.38. The van der Waals surface area contributed by atoms with Gasteiger partial charge in [0.1, 0.15) is 17.9 Å². The number of amides is 1. The third-order valence-electron chi connectivity index (χ3n) is 7.67. The van der Waals surface area contributed by atoms with Crippen molar-refractivity contribution in [2.75, 3.05) is 54.5 Å². The van der Waals surface area contributed by atoms with Crippen molar-refractivity contribution in [3.05, 3.63) is 35.2 Å². The van der Waals surface area contributed by atoms with Gasteiger partial charge in [0.2, 0.25) is 0 Å². The number of benzene rings is 1. The fraction of sp³-hybridized carbons (Fsp3) is 0.583. The van der Waals surface area contributed by atoms with Crippen LogP contribution in [-0.2, 0) is 11.2 Å². The van der Waals surface area contributed by atoms with Crippen molar-refractivity contribution in [3.8, 4) is 0 Å². The Morgan fingerprint density at radius 2 is 1.78 bits per heavy atom. The molecule has 1 aliphatic carbocycles. The molecule has 7 nitrogen and oxygen atoms in total. The maximum atomic E-state index is 14.9. The van der Waals surface area contributed by atoms with E-state index in [1.54, 1.807) is 9.80 Å². The van der Waals surface area contributed by atoms with E-state index in [1.165, 1.54) is 0 Å². The van der Waals surface area contributed by atoms with Gasteiger partial charge in [-0.15, -0.1) is 0 Å². The van der Waals surface area contributed by atoms with Crippen LogP contribution < -0.4 is 15.1 Å². The van der Waals surface area contributed by atoms with Gasteiger partial charge in [-0.05, 0) is 43.2 Å². The number of hydrogen-bond acceptors (Lipinski definition) is 6. The van der Waals surface area contributed by atoms with Gasteiger partial charge < -0.3 is 24.3 Å². The minimum atomic E-state index is -4.64. The third-order valence-corrected chi connectivity index (χ3v) is 7.67. The van der Waals surface area contributed by atoms with Crippen molar-refractivity contribution < 1.29 is 35.9 Å². The minimum Gasteiger partial charge on any atom is -0.427 e. The van der Waals surface area contributed by atoms with E-state index < -0.39 is 41.6 Å². The number of carbonyl (C=O) groups is 1. The number of rotatable bonds is 5. The van der Waals surface area contributed by atoms with E-state index in [9.17, 15) is 26.7 Å². The first-order chi connectivity index (χ1) is 17.1. The SMILES string of the molecule is O=C(Nc1cc(F)c(N2CC3CC(C3)C2)c(F)c1)c1nc(N2CCC3(COC3)C2)oc1CC(F)(F)F. The summed E-state index contributed by atoms with van der Waals surface area (Å²) in [5.74, 6) is -2.50. The van der Waals surface area contributed by atoms with Crippen LogP contribution in [0.1, 0.15) is 35.5 Å². The van der Waals surface area contributed by atoms with Gasteiger partial charge in [0, 0.05) is 37.3 Å². The highest BCUT2D eigenvalue weighted by Crippen LogP contribution is 2.43. The van der Waals surface area contributed by atoms with Gasteiger partial charge in [0.25, 0.3) is 11.9 Å². The quantitative estimate of drug-likeness (QED) is 0.600. The lowest BCUT2D eigenvalue weighted by Crippen LogP contribution is -2.49. The standard InChI is InChI=1S/C24H25F5N4O3/c25-16-5-15(6-17(26)20(16)33-8-13-3-14(4-13)9-33)30-21(34)19-18(7-24(27,28)29)36-22(31-19)32-2-1-23(10-32)11-35-12-23/h5-6,13-14H,1-4,7-12H2,(H,30,34). The van der Waals surface area contributed by atoms with Crippen molar-refractivity contribution in [2.45, 2.75) is 31.9 Å². The zero-order valence-corrected chi connectivity index (χ0v) is 19.3. The normalized spacial score (nSPS) is 24.6. The second-order valence-corrected chi connectivity index (χ2v) is 10.6. The second kappa shape index (κ2) is 8.32. The molecule has 2 aromatic rings. The molecule has 1 saturated carbocycles. The number of ether oxygens (including phenoxy) is 1. The number of fused-ring (bicyclic) bond motifs is 2.